The van der Waals surface area contributed by atoms with Crippen molar-refractivity contribution >= 4 is 22.2 Å². The largest absolute Gasteiger partial charge is 0.573 e. The van der Waals surface area contributed by atoms with Crippen LogP contribution in [0.15, 0.2) is 24.3 Å². The van der Waals surface area contributed by atoms with Gasteiger partial charge in [-0.2, -0.15) is 0 Å². The lowest BCUT2D eigenvalue weighted by molar-refractivity contribution is -0.274. The smallest absolute Gasteiger partial charge is 0.406 e. The van der Waals surface area contributed by atoms with Crippen LogP contribution in [0.5, 0.6) is 5.75 Å². The number of hydrogen-bond acceptors (Lipinski definition) is 2. The van der Waals surface area contributed by atoms with Crippen molar-refractivity contribution in [3.8, 4) is 5.75 Å². The van der Waals surface area contributed by atoms with E-state index in [1.807, 2.05) is 0 Å². The summed E-state index contributed by atoms with van der Waals surface area (Å²) in [5, 5.41) is 0. The Morgan fingerprint density at radius 1 is 1.10 bits per heavy atom. The lowest BCUT2D eigenvalue weighted by atomic mass is 9.77. The molecule has 1 atom stereocenters. The van der Waals surface area contributed by atoms with Gasteiger partial charge in [-0.25, -0.2) is 0 Å². The van der Waals surface area contributed by atoms with Crippen molar-refractivity contribution in [2.75, 3.05) is 0 Å². The molecule has 1 aromatic carbocycles. The van der Waals surface area contributed by atoms with Gasteiger partial charge in [0.15, 0.2) is 0 Å². The van der Waals surface area contributed by atoms with Crippen LogP contribution in [0.3, 0.4) is 0 Å². The molecule has 0 radical (unpaired) electrons. The summed E-state index contributed by atoms with van der Waals surface area (Å²) in [5.41, 5.74) is 0.666. The standard InChI is InChI=1S/C15H16BrF3O2/c16-14(10-20,11-4-2-1-3-5-11)12-6-8-13(9-7-12)21-15(17,18)19/h6-11H,1-5H2/t14-/m0/s1. The van der Waals surface area contributed by atoms with E-state index in [2.05, 4.69) is 20.7 Å². The summed E-state index contributed by atoms with van der Waals surface area (Å²) in [7, 11) is 0. The minimum Gasteiger partial charge on any atom is -0.406 e. The van der Waals surface area contributed by atoms with Gasteiger partial charge < -0.3 is 9.53 Å². The fourth-order valence-electron chi connectivity index (χ4n) is 2.83. The normalized spacial score (nSPS) is 19.8. The maximum absolute atomic E-state index is 12.1. The molecule has 0 spiro atoms. The highest BCUT2D eigenvalue weighted by molar-refractivity contribution is 9.10. The van der Waals surface area contributed by atoms with Crippen molar-refractivity contribution < 1.29 is 22.7 Å². The predicted molar refractivity (Wildman–Crippen MR) is 76.4 cm³/mol. The number of benzene rings is 1. The molecule has 1 saturated carbocycles. The lowest BCUT2D eigenvalue weighted by Gasteiger charge is -2.34. The predicted octanol–water partition coefficient (Wildman–Crippen LogP) is 4.95. The summed E-state index contributed by atoms with van der Waals surface area (Å²) in [6, 6.07) is 5.51. The van der Waals surface area contributed by atoms with Gasteiger partial charge in [0.25, 0.3) is 0 Å². The summed E-state index contributed by atoms with van der Waals surface area (Å²) >= 11 is 3.51. The quantitative estimate of drug-likeness (QED) is 0.557. The van der Waals surface area contributed by atoms with E-state index >= 15 is 0 Å². The molecule has 0 bridgehead atoms. The summed E-state index contributed by atoms with van der Waals surface area (Å²) in [4.78, 5) is 11.6. The Kier molecular flexibility index (Phi) is 4.96. The number of carbonyl (C=O) groups excluding carboxylic acids is 1. The Morgan fingerprint density at radius 2 is 1.67 bits per heavy atom. The maximum Gasteiger partial charge on any atom is 0.573 e. The van der Waals surface area contributed by atoms with E-state index < -0.39 is 10.7 Å². The molecule has 6 heteroatoms. The molecule has 0 N–H and O–H groups in total. The van der Waals surface area contributed by atoms with E-state index in [1.165, 1.54) is 24.3 Å². The van der Waals surface area contributed by atoms with E-state index in [4.69, 9.17) is 0 Å². The van der Waals surface area contributed by atoms with Crippen LogP contribution in [0.4, 0.5) is 13.2 Å². The molecule has 0 aliphatic heterocycles. The fraction of sp³-hybridized carbons (Fsp3) is 0.533. The summed E-state index contributed by atoms with van der Waals surface area (Å²) in [6.45, 7) is 0. The number of carbonyl (C=O) groups is 1. The lowest BCUT2D eigenvalue weighted by Crippen LogP contribution is -2.32. The van der Waals surface area contributed by atoms with Gasteiger partial charge in [-0.1, -0.05) is 47.3 Å². The van der Waals surface area contributed by atoms with E-state index in [9.17, 15) is 18.0 Å². The number of rotatable bonds is 4. The zero-order chi connectivity index (χ0) is 15.5. The molecule has 1 aliphatic carbocycles. The topological polar surface area (TPSA) is 26.3 Å². The van der Waals surface area contributed by atoms with Gasteiger partial charge in [0, 0.05) is 0 Å². The SMILES string of the molecule is O=C[C@@](Br)(c1ccc(OC(F)(F)F)cc1)C1CCCCC1. The van der Waals surface area contributed by atoms with E-state index in [-0.39, 0.29) is 11.7 Å². The molecule has 0 aromatic heterocycles. The third-order valence-electron chi connectivity index (χ3n) is 3.90. The Bertz CT molecular complexity index is 481. The first-order valence-corrected chi connectivity index (χ1v) is 7.66. The third-order valence-corrected chi connectivity index (χ3v) is 5.19. The molecular formula is C15H16BrF3O2. The summed E-state index contributed by atoms with van der Waals surface area (Å²) < 4.78 is 39.5. The number of aldehydes is 1. The van der Waals surface area contributed by atoms with Crippen LogP contribution in [0.1, 0.15) is 37.7 Å². The van der Waals surface area contributed by atoms with Crippen LogP contribution in [0.2, 0.25) is 0 Å². The van der Waals surface area contributed by atoms with Crippen LogP contribution in [-0.2, 0) is 9.12 Å². The minimum absolute atomic E-state index is 0.165. The van der Waals surface area contributed by atoms with Crippen molar-refractivity contribution in [1.29, 1.82) is 0 Å². The monoisotopic (exact) mass is 364 g/mol. The van der Waals surface area contributed by atoms with Crippen molar-refractivity contribution in [2.45, 2.75) is 42.8 Å². The first kappa shape index (κ1) is 16.3. The first-order chi connectivity index (χ1) is 9.85. The minimum atomic E-state index is -4.71. The van der Waals surface area contributed by atoms with Gasteiger partial charge in [-0.3, -0.25) is 0 Å². The van der Waals surface area contributed by atoms with Crippen LogP contribution >= 0.6 is 15.9 Å². The zero-order valence-electron chi connectivity index (χ0n) is 11.3. The van der Waals surface area contributed by atoms with Crippen LogP contribution in [-0.4, -0.2) is 12.6 Å². The Labute approximate surface area is 129 Å². The van der Waals surface area contributed by atoms with E-state index in [0.29, 0.717) is 5.56 Å². The highest BCUT2D eigenvalue weighted by Crippen LogP contribution is 2.44. The van der Waals surface area contributed by atoms with Gasteiger partial charge in [-0.15, -0.1) is 13.2 Å². The fourth-order valence-corrected chi connectivity index (χ4v) is 3.56. The summed E-state index contributed by atoms with van der Waals surface area (Å²) in [5.74, 6) is -0.117. The average molecular weight is 365 g/mol. The van der Waals surface area contributed by atoms with Gasteiger partial charge in [0.1, 0.15) is 16.4 Å². The van der Waals surface area contributed by atoms with Gasteiger partial charge in [-0.05, 0) is 36.5 Å². The Morgan fingerprint density at radius 3 is 2.14 bits per heavy atom. The molecule has 0 amide bonds. The Hall–Kier alpha value is -1.04. The second-order valence-electron chi connectivity index (χ2n) is 5.29. The average Bonchev–Trinajstić information content (AvgIpc) is 2.46. The molecule has 1 fully saturated rings. The van der Waals surface area contributed by atoms with Crippen molar-refractivity contribution in [3.63, 3.8) is 0 Å². The highest BCUT2D eigenvalue weighted by Gasteiger charge is 2.38. The Balaban J connectivity index is 2.20. The van der Waals surface area contributed by atoms with E-state index in [0.717, 1.165) is 38.4 Å². The highest BCUT2D eigenvalue weighted by atomic mass is 79.9. The third kappa shape index (κ3) is 3.99. The molecule has 0 unspecified atom stereocenters. The van der Waals surface area contributed by atoms with Crippen LogP contribution in [0, 0.1) is 5.92 Å². The molecule has 2 nitrogen and oxygen atoms in total. The number of hydrogen-bond donors (Lipinski definition) is 0. The summed E-state index contributed by atoms with van der Waals surface area (Å²) in [6.07, 6.45) is 1.32. The molecule has 1 aromatic rings. The number of ether oxygens (including phenoxy) is 1. The van der Waals surface area contributed by atoms with Crippen molar-refractivity contribution in [3.05, 3.63) is 29.8 Å². The molecule has 0 heterocycles. The van der Waals surface area contributed by atoms with Crippen molar-refractivity contribution in [2.24, 2.45) is 5.92 Å². The van der Waals surface area contributed by atoms with Crippen LogP contribution < -0.4 is 4.74 Å². The van der Waals surface area contributed by atoms with Crippen LogP contribution in [0.25, 0.3) is 0 Å². The molecule has 116 valence electrons. The van der Waals surface area contributed by atoms with Gasteiger partial charge in [0.05, 0.1) is 0 Å². The van der Waals surface area contributed by atoms with E-state index in [1.54, 1.807) is 0 Å². The second-order valence-corrected chi connectivity index (χ2v) is 6.61. The molecular weight excluding hydrogens is 349 g/mol. The van der Waals surface area contributed by atoms with Gasteiger partial charge >= 0.3 is 6.36 Å². The maximum atomic E-state index is 12.1. The number of alkyl halides is 4. The van der Waals surface area contributed by atoms with Crippen molar-refractivity contribution in [1.82, 2.24) is 0 Å². The zero-order valence-corrected chi connectivity index (χ0v) is 12.9. The second kappa shape index (κ2) is 6.38. The first-order valence-electron chi connectivity index (χ1n) is 6.87. The molecule has 1 aliphatic rings. The molecule has 2 rings (SSSR count). The molecule has 0 saturated heterocycles. The molecule has 21 heavy (non-hydrogen) atoms. The van der Waals surface area contributed by atoms with Gasteiger partial charge in [0.2, 0.25) is 0 Å². The number of halogens is 4.